The molecular weight excluding hydrogens is 412 g/mol. The molecule has 0 amide bonds. The number of hydrogen-bond acceptors (Lipinski definition) is 5. The lowest BCUT2D eigenvalue weighted by Gasteiger charge is -2.38. The highest BCUT2D eigenvalue weighted by molar-refractivity contribution is 7.89. The Morgan fingerprint density at radius 2 is 1.74 bits per heavy atom. The quantitative estimate of drug-likeness (QED) is 0.661. The van der Waals surface area contributed by atoms with Gasteiger partial charge in [-0.3, -0.25) is 9.69 Å². The second kappa shape index (κ2) is 9.24. The highest BCUT2D eigenvalue weighted by Gasteiger charge is 2.26. The van der Waals surface area contributed by atoms with E-state index < -0.39 is 10.0 Å². The van der Waals surface area contributed by atoms with Gasteiger partial charge in [-0.1, -0.05) is 0 Å². The Balaban J connectivity index is 1.73. The van der Waals surface area contributed by atoms with Crippen LogP contribution in [0.1, 0.15) is 48.4 Å². The number of carbonyl (C=O) groups is 1. The maximum atomic E-state index is 13.1. The molecule has 2 N–H and O–H groups in total. The number of carbonyl (C=O) groups excluding carboxylic acids is 1. The van der Waals surface area contributed by atoms with Crippen LogP contribution in [0.5, 0.6) is 0 Å². The minimum Gasteiger partial charge on any atom is -0.318 e. The molecule has 0 saturated carbocycles. The molecule has 1 saturated heterocycles. The van der Waals surface area contributed by atoms with Crippen LogP contribution in [0.25, 0.3) is 5.69 Å². The average molecular weight is 447 g/mol. The smallest absolute Gasteiger partial charge is 0.238 e. The van der Waals surface area contributed by atoms with E-state index >= 15 is 0 Å². The number of primary sulfonamides is 1. The van der Waals surface area contributed by atoms with Crippen molar-refractivity contribution in [1.29, 1.82) is 0 Å². The first kappa shape index (κ1) is 23.7. The third-order valence-electron chi connectivity index (χ3n) is 6.40. The summed E-state index contributed by atoms with van der Waals surface area (Å²) in [5.74, 6) is 0.106. The Hall–Kier alpha value is -2.00. The van der Waals surface area contributed by atoms with Gasteiger partial charge in [-0.2, -0.15) is 0 Å². The maximum Gasteiger partial charge on any atom is 0.238 e. The SMILES string of the molecule is Cc1cc(C(=O)CN(C)C2CCN(C(C)C)CC2)c(C)n1-c1ccc(S(N)(=O)=O)cc1. The van der Waals surface area contributed by atoms with Gasteiger partial charge in [0.15, 0.2) is 5.78 Å². The number of aromatic nitrogens is 1. The van der Waals surface area contributed by atoms with Crippen LogP contribution in [0.2, 0.25) is 0 Å². The molecule has 1 aliphatic heterocycles. The molecule has 1 aliphatic rings. The average Bonchev–Trinajstić information content (AvgIpc) is 3.01. The monoisotopic (exact) mass is 446 g/mol. The first-order chi connectivity index (χ1) is 14.5. The summed E-state index contributed by atoms with van der Waals surface area (Å²) >= 11 is 0. The third-order valence-corrected chi connectivity index (χ3v) is 7.33. The maximum absolute atomic E-state index is 13.1. The van der Waals surface area contributed by atoms with Crippen molar-refractivity contribution in [2.45, 2.75) is 57.5 Å². The van der Waals surface area contributed by atoms with Gasteiger partial charge in [0.05, 0.1) is 11.4 Å². The number of piperidine rings is 1. The van der Waals surface area contributed by atoms with E-state index in [1.165, 1.54) is 12.1 Å². The Bertz CT molecular complexity index is 1030. The molecule has 0 aliphatic carbocycles. The number of benzene rings is 1. The lowest BCUT2D eigenvalue weighted by molar-refractivity contribution is 0.0817. The fourth-order valence-electron chi connectivity index (χ4n) is 4.51. The van der Waals surface area contributed by atoms with E-state index in [0.29, 0.717) is 24.2 Å². The number of nitrogens with zero attached hydrogens (tertiary/aromatic N) is 3. The molecule has 8 heteroatoms. The van der Waals surface area contributed by atoms with E-state index in [-0.39, 0.29) is 10.7 Å². The summed E-state index contributed by atoms with van der Waals surface area (Å²) in [4.78, 5) is 17.9. The molecular formula is C23H34N4O3S. The molecule has 3 rings (SSSR count). The van der Waals surface area contributed by atoms with E-state index in [2.05, 4.69) is 23.6 Å². The molecule has 0 spiro atoms. The molecule has 0 radical (unpaired) electrons. The first-order valence-electron chi connectivity index (χ1n) is 10.8. The van der Waals surface area contributed by atoms with Crippen LogP contribution in [0.3, 0.4) is 0 Å². The Kier molecular flexibility index (Phi) is 7.05. The van der Waals surface area contributed by atoms with Crippen molar-refractivity contribution in [2.24, 2.45) is 5.14 Å². The van der Waals surface area contributed by atoms with Crippen molar-refractivity contribution in [3.05, 3.63) is 47.3 Å². The van der Waals surface area contributed by atoms with E-state index in [1.54, 1.807) is 12.1 Å². The minimum absolute atomic E-state index is 0.0696. The van der Waals surface area contributed by atoms with Gasteiger partial charge in [-0.15, -0.1) is 0 Å². The number of aryl methyl sites for hydroxylation is 1. The lowest BCUT2D eigenvalue weighted by Crippen LogP contribution is -2.46. The highest BCUT2D eigenvalue weighted by Crippen LogP contribution is 2.23. The number of rotatable bonds is 7. The fourth-order valence-corrected chi connectivity index (χ4v) is 5.03. The van der Waals surface area contributed by atoms with Crippen LogP contribution in [-0.2, 0) is 10.0 Å². The number of ketones is 1. The molecule has 170 valence electrons. The van der Waals surface area contributed by atoms with Crippen molar-refractivity contribution in [1.82, 2.24) is 14.4 Å². The van der Waals surface area contributed by atoms with Crippen molar-refractivity contribution in [3.63, 3.8) is 0 Å². The number of hydrogen-bond donors (Lipinski definition) is 1. The van der Waals surface area contributed by atoms with Gasteiger partial charge in [-0.05, 0) is 91.0 Å². The highest BCUT2D eigenvalue weighted by atomic mass is 32.2. The zero-order valence-corrected chi connectivity index (χ0v) is 19.9. The number of likely N-dealkylation sites (tertiary alicyclic amines) is 1. The minimum atomic E-state index is -3.73. The number of nitrogens with two attached hydrogens (primary N) is 1. The van der Waals surface area contributed by atoms with Gasteiger partial charge < -0.3 is 9.47 Å². The summed E-state index contributed by atoms with van der Waals surface area (Å²) in [5.41, 5.74) is 3.29. The summed E-state index contributed by atoms with van der Waals surface area (Å²) in [6, 6.07) is 9.31. The summed E-state index contributed by atoms with van der Waals surface area (Å²) in [5, 5.41) is 5.19. The second-order valence-corrected chi connectivity index (χ2v) is 10.4. The Morgan fingerprint density at radius 1 is 1.16 bits per heavy atom. The Labute approximate surface area is 185 Å². The number of Topliss-reactive ketones (excluding diaryl/α,β-unsaturated/α-hetero) is 1. The van der Waals surface area contributed by atoms with Crippen LogP contribution in [0, 0.1) is 13.8 Å². The van der Waals surface area contributed by atoms with Crippen molar-refractivity contribution in [3.8, 4) is 5.69 Å². The molecule has 2 aromatic rings. The number of sulfonamides is 1. The molecule has 31 heavy (non-hydrogen) atoms. The largest absolute Gasteiger partial charge is 0.318 e. The molecule has 2 heterocycles. The van der Waals surface area contributed by atoms with Gasteiger partial charge in [-0.25, -0.2) is 13.6 Å². The summed E-state index contributed by atoms with van der Waals surface area (Å²) in [7, 11) is -1.69. The van der Waals surface area contributed by atoms with Crippen LogP contribution >= 0.6 is 0 Å². The lowest BCUT2D eigenvalue weighted by atomic mass is 10.0. The van der Waals surface area contributed by atoms with Gasteiger partial charge >= 0.3 is 0 Å². The molecule has 0 atom stereocenters. The summed E-state index contributed by atoms with van der Waals surface area (Å²) < 4.78 is 25.0. The van der Waals surface area contributed by atoms with Crippen LogP contribution in [-0.4, -0.2) is 67.3 Å². The van der Waals surface area contributed by atoms with Crippen LogP contribution < -0.4 is 5.14 Å². The molecule has 0 bridgehead atoms. The zero-order chi connectivity index (χ0) is 22.9. The van der Waals surface area contributed by atoms with Crippen molar-refractivity contribution in [2.75, 3.05) is 26.7 Å². The predicted octanol–water partition coefficient (Wildman–Crippen LogP) is 2.73. The third kappa shape index (κ3) is 5.26. The second-order valence-electron chi connectivity index (χ2n) is 8.86. The molecule has 7 nitrogen and oxygen atoms in total. The van der Waals surface area contributed by atoms with Gasteiger partial charge in [0.1, 0.15) is 0 Å². The summed E-state index contributed by atoms with van der Waals surface area (Å²) in [6.45, 7) is 10.9. The standard InChI is InChI=1S/C23H34N4O3S/c1-16(2)26-12-10-19(11-13-26)25(5)15-23(28)22-14-17(3)27(18(22)4)20-6-8-21(9-7-20)31(24,29)30/h6-9,14,16,19H,10-13,15H2,1-5H3,(H2,24,29,30). The number of likely N-dealkylation sites (N-methyl/N-ethyl adjacent to an activating group) is 1. The topological polar surface area (TPSA) is 88.6 Å². The molecule has 1 aromatic heterocycles. The van der Waals surface area contributed by atoms with E-state index in [4.69, 9.17) is 5.14 Å². The summed E-state index contributed by atoms with van der Waals surface area (Å²) in [6.07, 6.45) is 2.16. The zero-order valence-electron chi connectivity index (χ0n) is 19.1. The van der Waals surface area contributed by atoms with Crippen molar-refractivity contribution < 1.29 is 13.2 Å². The van der Waals surface area contributed by atoms with E-state index in [9.17, 15) is 13.2 Å². The molecule has 1 aromatic carbocycles. The van der Waals surface area contributed by atoms with E-state index in [0.717, 1.165) is 43.0 Å². The van der Waals surface area contributed by atoms with Gasteiger partial charge in [0, 0.05) is 34.7 Å². The Morgan fingerprint density at radius 3 is 2.26 bits per heavy atom. The van der Waals surface area contributed by atoms with Crippen LogP contribution in [0.4, 0.5) is 0 Å². The fraction of sp³-hybridized carbons (Fsp3) is 0.522. The molecule has 0 unspecified atom stereocenters. The van der Waals surface area contributed by atoms with E-state index in [1.807, 2.05) is 31.5 Å². The predicted molar refractivity (Wildman–Crippen MR) is 123 cm³/mol. The van der Waals surface area contributed by atoms with Crippen LogP contribution in [0.15, 0.2) is 35.2 Å². The first-order valence-corrected chi connectivity index (χ1v) is 12.3. The molecule has 1 fully saturated rings. The van der Waals surface area contributed by atoms with Gasteiger partial charge in [0.25, 0.3) is 0 Å². The van der Waals surface area contributed by atoms with Gasteiger partial charge in [0.2, 0.25) is 10.0 Å². The van der Waals surface area contributed by atoms with Crippen molar-refractivity contribution >= 4 is 15.8 Å². The normalized spacial score (nSPS) is 16.4.